The number of nitrogens with zero attached hydrogens (tertiary/aromatic N) is 3. The van der Waals surface area contributed by atoms with Crippen molar-refractivity contribution in [2.24, 2.45) is 18.4 Å². The standard InChI is InChI=1S/C27H28ClF6N5O/c1-15-5-9-39(10-6-15)21-13-22-20(12-18(21)28)37-24(38(22)2)36-19-11-16(3-4-17(19)26(29,30)31)14-35-23(40)25(7-8-25)27(32,33)34/h3-4,11-13,15H,5-10,14H2,1-2H3,(H,35,40)(H,36,37). The number of fused-ring (bicyclic) bond motifs is 1. The van der Waals surface area contributed by atoms with Crippen molar-refractivity contribution in [3.63, 3.8) is 0 Å². The van der Waals surface area contributed by atoms with Crippen LogP contribution in [0, 0.1) is 11.3 Å². The Hall–Kier alpha value is -3.15. The summed E-state index contributed by atoms with van der Waals surface area (Å²) in [4.78, 5) is 18.9. The van der Waals surface area contributed by atoms with Gasteiger partial charge in [-0.3, -0.25) is 4.79 Å². The molecule has 0 spiro atoms. The van der Waals surface area contributed by atoms with Gasteiger partial charge >= 0.3 is 12.4 Å². The number of hydrogen-bond acceptors (Lipinski definition) is 4. The van der Waals surface area contributed by atoms with Crippen LogP contribution in [0.3, 0.4) is 0 Å². The van der Waals surface area contributed by atoms with E-state index in [0.717, 1.165) is 49.8 Å². The molecule has 1 aliphatic carbocycles. The summed E-state index contributed by atoms with van der Waals surface area (Å²) in [5.74, 6) is -0.436. The van der Waals surface area contributed by atoms with Gasteiger partial charge in [0.1, 0.15) is 5.41 Å². The van der Waals surface area contributed by atoms with E-state index in [1.165, 1.54) is 0 Å². The molecule has 2 heterocycles. The lowest BCUT2D eigenvalue weighted by molar-refractivity contribution is -0.192. The Kier molecular flexibility index (Phi) is 7.12. The molecule has 1 amide bonds. The monoisotopic (exact) mass is 587 g/mol. The van der Waals surface area contributed by atoms with Gasteiger partial charge in [-0.2, -0.15) is 26.3 Å². The summed E-state index contributed by atoms with van der Waals surface area (Å²) < 4.78 is 82.9. The summed E-state index contributed by atoms with van der Waals surface area (Å²) in [5, 5.41) is 5.46. The highest BCUT2D eigenvalue weighted by molar-refractivity contribution is 6.34. The molecule has 40 heavy (non-hydrogen) atoms. The van der Waals surface area contributed by atoms with Crippen molar-refractivity contribution in [3.8, 4) is 0 Å². The lowest BCUT2D eigenvalue weighted by atomic mass is 9.99. The molecule has 6 nitrogen and oxygen atoms in total. The Balaban J connectivity index is 1.42. The molecule has 2 aromatic carbocycles. The Labute approximate surface area is 231 Å². The van der Waals surface area contributed by atoms with E-state index in [0.29, 0.717) is 22.0 Å². The Morgan fingerprint density at radius 3 is 2.38 bits per heavy atom. The summed E-state index contributed by atoms with van der Waals surface area (Å²) >= 11 is 6.56. The predicted octanol–water partition coefficient (Wildman–Crippen LogP) is 7.18. The van der Waals surface area contributed by atoms with Crippen LogP contribution in [0.2, 0.25) is 5.02 Å². The number of imidazole rings is 1. The normalized spacial score (nSPS) is 17.8. The summed E-state index contributed by atoms with van der Waals surface area (Å²) in [5.41, 5.74) is -1.56. The van der Waals surface area contributed by atoms with Gasteiger partial charge in [-0.15, -0.1) is 0 Å². The zero-order valence-corrected chi connectivity index (χ0v) is 22.6. The maximum Gasteiger partial charge on any atom is 0.418 e. The highest BCUT2D eigenvalue weighted by Gasteiger charge is 2.68. The molecule has 2 N–H and O–H groups in total. The number of hydrogen-bond donors (Lipinski definition) is 2. The highest BCUT2D eigenvalue weighted by atomic mass is 35.5. The zero-order valence-electron chi connectivity index (χ0n) is 21.8. The van der Waals surface area contributed by atoms with E-state index in [4.69, 9.17) is 11.6 Å². The Morgan fingerprint density at radius 2 is 1.77 bits per heavy atom. The molecule has 1 aromatic heterocycles. The summed E-state index contributed by atoms with van der Waals surface area (Å²) in [6.07, 6.45) is -7.96. The lowest BCUT2D eigenvalue weighted by Crippen LogP contribution is -2.40. The molecule has 216 valence electrons. The maximum absolute atomic E-state index is 13.9. The summed E-state index contributed by atoms with van der Waals surface area (Å²) in [7, 11) is 1.66. The second-order valence-electron chi connectivity index (χ2n) is 10.7. The number of halogens is 7. The van der Waals surface area contributed by atoms with Crippen LogP contribution in [0.5, 0.6) is 0 Å². The number of piperidine rings is 1. The fourth-order valence-electron chi connectivity index (χ4n) is 5.09. The van der Waals surface area contributed by atoms with Crippen molar-refractivity contribution in [3.05, 3.63) is 46.5 Å². The smallest absolute Gasteiger partial charge is 0.370 e. The van der Waals surface area contributed by atoms with Gasteiger partial charge in [0.05, 0.1) is 33.0 Å². The van der Waals surface area contributed by atoms with Gasteiger partial charge in [0.25, 0.3) is 0 Å². The first-order valence-electron chi connectivity index (χ1n) is 12.9. The highest BCUT2D eigenvalue weighted by Crippen LogP contribution is 2.57. The SMILES string of the molecule is CC1CCN(c2cc3c(cc2Cl)nc(Nc2cc(CNC(=O)C4(C(F)(F)F)CC4)ccc2C(F)(F)F)n3C)CC1. The molecule has 13 heteroatoms. The largest absolute Gasteiger partial charge is 0.418 e. The van der Waals surface area contributed by atoms with Crippen LogP contribution in [0.25, 0.3) is 11.0 Å². The maximum atomic E-state index is 13.9. The minimum Gasteiger partial charge on any atom is -0.370 e. The van der Waals surface area contributed by atoms with Crippen LogP contribution in [0.4, 0.5) is 43.7 Å². The van der Waals surface area contributed by atoms with Crippen LogP contribution < -0.4 is 15.5 Å². The topological polar surface area (TPSA) is 62.2 Å². The van der Waals surface area contributed by atoms with Crippen LogP contribution in [0.15, 0.2) is 30.3 Å². The first-order valence-corrected chi connectivity index (χ1v) is 13.3. The third kappa shape index (κ3) is 5.29. The molecule has 0 radical (unpaired) electrons. The van der Waals surface area contributed by atoms with Gasteiger partial charge in [-0.1, -0.05) is 24.6 Å². The fraction of sp³-hybridized carbons (Fsp3) is 0.481. The van der Waals surface area contributed by atoms with Crippen LogP contribution in [0.1, 0.15) is 43.7 Å². The van der Waals surface area contributed by atoms with Gasteiger partial charge < -0.3 is 20.1 Å². The third-order valence-corrected chi connectivity index (χ3v) is 8.19. The minimum absolute atomic E-state index is 0.121. The van der Waals surface area contributed by atoms with Crippen LogP contribution in [-0.4, -0.2) is 34.7 Å². The van der Waals surface area contributed by atoms with Crippen molar-refractivity contribution >= 4 is 45.9 Å². The van der Waals surface area contributed by atoms with Gasteiger partial charge in [-0.25, -0.2) is 4.98 Å². The van der Waals surface area contributed by atoms with Crippen molar-refractivity contribution < 1.29 is 31.1 Å². The number of carbonyl (C=O) groups is 1. The first kappa shape index (κ1) is 28.4. The molecule has 2 fully saturated rings. The number of aryl methyl sites for hydroxylation is 1. The van der Waals surface area contributed by atoms with Gasteiger partial charge in [-0.05, 0) is 61.4 Å². The number of anilines is 3. The van der Waals surface area contributed by atoms with Crippen molar-refractivity contribution in [1.82, 2.24) is 14.9 Å². The number of carbonyl (C=O) groups excluding carboxylic acids is 1. The molecular formula is C27H28ClF6N5O. The number of alkyl halides is 6. The summed E-state index contributed by atoms with van der Waals surface area (Å²) in [6, 6.07) is 6.66. The molecule has 0 unspecified atom stereocenters. The molecular weight excluding hydrogens is 560 g/mol. The van der Waals surface area contributed by atoms with Crippen molar-refractivity contribution in [2.45, 2.75) is 51.5 Å². The molecule has 0 bridgehead atoms. The van der Waals surface area contributed by atoms with Crippen molar-refractivity contribution in [2.75, 3.05) is 23.3 Å². The van der Waals surface area contributed by atoms with E-state index in [9.17, 15) is 31.1 Å². The Morgan fingerprint density at radius 1 is 1.10 bits per heavy atom. The molecule has 1 saturated carbocycles. The van der Waals surface area contributed by atoms with E-state index in [2.05, 4.69) is 27.4 Å². The summed E-state index contributed by atoms with van der Waals surface area (Å²) in [6.45, 7) is 3.53. The average Bonchev–Trinajstić information content (AvgIpc) is 3.64. The van der Waals surface area contributed by atoms with E-state index in [1.54, 1.807) is 17.7 Å². The lowest BCUT2D eigenvalue weighted by Gasteiger charge is -2.32. The number of amides is 1. The minimum atomic E-state index is -4.72. The second-order valence-corrected chi connectivity index (χ2v) is 11.1. The van der Waals surface area contributed by atoms with Crippen molar-refractivity contribution in [1.29, 1.82) is 0 Å². The van der Waals surface area contributed by atoms with E-state index < -0.39 is 29.2 Å². The van der Waals surface area contributed by atoms with E-state index >= 15 is 0 Å². The first-order chi connectivity index (χ1) is 18.7. The van der Waals surface area contributed by atoms with Crippen LogP contribution in [-0.2, 0) is 24.6 Å². The molecule has 1 saturated heterocycles. The molecule has 5 rings (SSSR count). The van der Waals surface area contributed by atoms with Gasteiger partial charge in [0.2, 0.25) is 11.9 Å². The Bertz CT molecular complexity index is 1440. The number of nitrogens with one attached hydrogen (secondary N) is 2. The quantitative estimate of drug-likeness (QED) is 0.300. The molecule has 3 aromatic rings. The zero-order chi connectivity index (χ0) is 29.0. The van der Waals surface area contributed by atoms with Crippen LogP contribution >= 0.6 is 11.6 Å². The molecule has 2 aliphatic rings. The van der Waals surface area contributed by atoms with E-state index in [1.807, 2.05) is 6.07 Å². The molecule has 0 atom stereocenters. The average molecular weight is 588 g/mol. The number of rotatable bonds is 6. The number of benzene rings is 2. The fourth-order valence-corrected chi connectivity index (χ4v) is 5.37. The second kappa shape index (κ2) is 10.0. The van der Waals surface area contributed by atoms with E-state index in [-0.39, 0.29) is 36.6 Å². The van der Waals surface area contributed by atoms with Gasteiger partial charge in [0, 0.05) is 26.7 Å². The number of aromatic nitrogens is 2. The molecule has 1 aliphatic heterocycles. The van der Waals surface area contributed by atoms with Gasteiger partial charge in [0.15, 0.2) is 0 Å². The predicted molar refractivity (Wildman–Crippen MR) is 141 cm³/mol. The third-order valence-electron chi connectivity index (χ3n) is 7.89.